The van der Waals surface area contributed by atoms with Gasteiger partial charge in [0.1, 0.15) is 0 Å². The first-order valence-corrected chi connectivity index (χ1v) is 6.82. The second kappa shape index (κ2) is 7.34. The highest BCUT2D eigenvalue weighted by molar-refractivity contribution is 6.36. The second-order valence-electron chi connectivity index (χ2n) is 4.62. The summed E-state index contributed by atoms with van der Waals surface area (Å²) in [6, 6.07) is 4.96. The first-order chi connectivity index (χ1) is 8.61. The minimum Gasteiger partial charge on any atom is -0.338 e. The lowest BCUT2D eigenvalue weighted by Gasteiger charge is -2.32. The van der Waals surface area contributed by atoms with Crippen molar-refractivity contribution in [1.82, 2.24) is 4.90 Å². The lowest BCUT2D eigenvalue weighted by atomic mass is 9.97. The number of benzene rings is 1. The fourth-order valence-electron chi connectivity index (χ4n) is 2.28. The van der Waals surface area contributed by atoms with Crippen LogP contribution in [0.4, 0.5) is 0 Å². The summed E-state index contributed by atoms with van der Waals surface area (Å²) in [4.78, 5) is 14.2. The molecule has 0 saturated carbocycles. The molecule has 1 atom stereocenters. The minimum absolute atomic E-state index is 0. The molecule has 1 aromatic rings. The van der Waals surface area contributed by atoms with Gasteiger partial charge in [0, 0.05) is 18.1 Å². The van der Waals surface area contributed by atoms with Crippen molar-refractivity contribution in [1.29, 1.82) is 0 Å². The zero-order valence-electron chi connectivity index (χ0n) is 10.4. The van der Waals surface area contributed by atoms with Crippen molar-refractivity contribution in [2.75, 3.05) is 19.6 Å². The van der Waals surface area contributed by atoms with E-state index in [1.807, 2.05) is 4.90 Å². The SMILES string of the molecule is Cl.NCC1CCCN(C(=O)c2ccc(Cl)cc2Cl)C1. The number of carbonyl (C=O) groups is 1. The Balaban J connectivity index is 0.00000180. The van der Waals surface area contributed by atoms with E-state index in [1.165, 1.54) is 0 Å². The van der Waals surface area contributed by atoms with Crippen LogP contribution in [-0.4, -0.2) is 30.4 Å². The zero-order chi connectivity index (χ0) is 13.1. The molecule has 0 spiro atoms. The number of carbonyl (C=O) groups excluding carboxylic acids is 1. The Hall–Kier alpha value is -0.480. The predicted octanol–water partition coefficient (Wildman–Crippen LogP) is 3.23. The quantitative estimate of drug-likeness (QED) is 0.908. The number of hydrogen-bond donors (Lipinski definition) is 1. The Bertz CT molecular complexity index is 454. The van der Waals surface area contributed by atoms with E-state index in [0.717, 1.165) is 19.4 Å². The lowest BCUT2D eigenvalue weighted by molar-refractivity contribution is 0.0678. The predicted molar refractivity (Wildman–Crippen MR) is 81.4 cm³/mol. The summed E-state index contributed by atoms with van der Waals surface area (Å²) in [5.74, 6) is 0.364. The van der Waals surface area contributed by atoms with Gasteiger partial charge in [0.05, 0.1) is 10.6 Å². The van der Waals surface area contributed by atoms with Crippen LogP contribution < -0.4 is 5.73 Å². The van der Waals surface area contributed by atoms with Crippen LogP contribution in [0.2, 0.25) is 10.0 Å². The average Bonchev–Trinajstić information content (AvgIpc) is 2.38. The topological polar surface area (TPSA) is 46.3 Å². The normalized spacial score (nSPS) is 18.9. The van der Waals surface area contributed by atoms with Gasteiger partial charge in [0.2, 0.25) is 0 Å². The molecule has 1 fully saturated rings. The number of rotatable bonds is 2. The van der Waals surface area contributed by atoms with Gasteiger partial charge >= 0.3 is 0 Å². The third kappa shape index (κ3) is 3.99. The molecule has 1 aliphatic rings. The van der Waals surface area contributed by atoms with Gasteiger partial charge in [-0.2, -0.15) is 0 Å². The van der Waals surface area contributed by atoms with E-state index in [1.54, 1.807) is 18.2 Å². The standard InChI is InChI=1S/C13H16Cl2N2O.ClH/c14-10-3-4-11(12(15)6-10)13(18)17-5-1-2-9(7-16)8-17;/h3-4,6,9H,1-2,5,7-8,16H2;1H. The third-order valence-corrected chi connectivity index (χ3v) is 3.85. The lowest BCUT2D eigenvalue weighted by Crippen LogP contribution is -2.42. The summed E-state index contributed by atoms with van der Waals surface area (Å²) >= 11 is 11.9. The first kappa shape index (κ1) is 16.6. The first-order valence-electron chi connectivity index (χ1n) is 6.06. The van der Waals surface area contributed by atoms with Gasteiger partial charge in [-0.15, -0.1) is 12.4 Å². The molecule has 19 heavy (non-hydrogen) atoms. The summed E-state index contributed by atoms with van der Waals surface area (Å²) in [7, 11) is 0. The minimum atomic E-state index is -0.0326. The molecule has 1 aromatic carbocycles. The molecular weight excluding hydrogens is 307 g/mol. The number of nitrogens with two attached hydrogens (primary N) is 1. The molecule has 2 rings (SSSR count). The van der Waals surface area contributed by atoms with Crippen LogP contribution in [0, 0.1) is 5.92 Å². The fourth-order valence-corrected chi connectivity index (χ4v) is 2.76. The number of piperidine rings is 1. The Morgan fingerprint density at radius 2 is 2.16 bits per heavy atom. The van der Waals surface area contributed by atoms with Gasteiger partial charge in [-0.1, -0.05) is 23.2 Å². The van der Waals surface area contributed by atoms with Gasteiger partial charge in [-0.25, -0.2) is 0 Å². The molecule has 6 heteroatoms. The molecule has 3 nitrogen and oxygen atoms in total. The van der Waals surface area contributed by atoms with Crippen LogP contribution in [0.3, 0.4) is 0 Å². The molecule has 1 aliphatic heterocycles. The summed E-state index contributed by atoms with van der Waals surface area (Å²) in [6.45, 7) is 2.11. The summed E-state index contributed by atoms with van der Waals surface area (Å²) < 4.78 is 0. The third-order valence-electron chi connectivity index (χ3n) is 3.30. The van der Waals surface area contributed by atoms with Crippen molar-refractivity contribution >= 4 is 41.5 Å². The Labute approximate surface area is 129 Å². The number of nitrogens with zero attached hydrogens (tertiary/aromatic N) is 1. The van der Waals surface area contributed by atoms with Crippen LogP contribution in [-0.2, 0) is 0 Å². The van der Waals surface area contributed by atoms with Crippen molar-refractivity contribution in [2.24, 2.45) is 11.7 Å². The highest BCUT2D eigenvalue weighted by Gasteiger charge is 2.24. The van der Waals surface area contributed by atoms with Crippen LogP contribution in [0.5, 0.6) is 0 Å². The van der Waals surface area contributed by atoms with Crippen molar-refractivity contribution in [3.05, 3.63) is 33.8 Å². The van der Waals surface area contributed by atoms with Gasteiger partial charge in [-0.05, 0) is 43.5 Å². The van der Waals surface area contributed by atoms with E-state index in [9.17, 15) is 4.79 Å². The van der Waals surface area contributed by atoms with Crippen LogP contribution in [0.25, 0.3) is 0 Å². The molecule has 0 aromatic heterocycles. The van der Waals surface area contributed by atoms with Crippen molar-refractivity contribution in [2.45, 2.75) is 12.8 Å². The maximum Gasteiger partial charge on any atom is 0.255 e. The van der Waals surface area contributed by atoms with Crippen LogP contribution in [0.15, 0.2) is 18.2 Å². The summed E-state index contributed by atoms with van der Waals surface area (Å²) in [5.41, 5.74) is 6.19. The zero-order valence-corrected chi connectivity index (χ0v) is 12.8. The largest absolute Gasteiger partial charge is 0.338 e. The molecule has 106 valence electrons. The van der Waals surface area contributed by atoms with Gasteiger partial charge in [-0.3, -0.25) is 4.79 Å². The summed E-state index contributed by atoms with van der Waals surface area (Å²) in [6.07, 6.45) is 2.09. The van der Waals surface area contributed by atoms with Gasteiger partial charge in [0.15, 0.2) is 0 Å². The van der Waals surface area contributed by atoms with Crippen LogP contribution in [0.1, 0.15) is 23.2 Å². The Kier molecular flexibility index (Phi) is 6.40. The number of hydrogen-bond acceptors (Lipinski definition) is 2. The molecule has 1 unspecified atom stereocenters. The molecular formula is C13H17Cl3N2O. The molecule has 1 saturated heterocycles. The fraction of sp³-hybridized carbons (Fsp3) is 0.462. The van der Waals surface area contributed by atoms with Gasteiger partial charge < -0.3 is 10.6 Å². The molecule has 0 radical (unpaired) electrons. The van der Waals surface area contributed by atoms with E-state index < -0.39 is 0 Å². The van der Waals surface area contributed by atoms with Gasteiger partial charge in [0.25, 0.3) is 5.91 Å². The van der Waals surface area contributed by atoms with E-state index in [0.29, 0.717) is 34.6 Å². The maximum atomic E-state index is 12.4. The molecule has 1 heterocycles. The van der Waals surface area contributed by atoms with E-state index in [2.05, 4.69) is 0 Å². The molecule has 0 bridgehead atoms. The Morgan fingerprint density at radius 1 is 1.42 bits per heavy atom. The second-order valence-corrected chi connectivity index (χ2v) is 5.46. The molecule has 0 aliphatic carbocycles. The monoisotopic (exact) mass is 322 g/mol. The highest BCUT2D eigenvalue weighted by Crippen LogP contribution is 2.24. The van der Waals surface area contributed by atoms with E-state index >= 15 is 0 Å². The Morgan fingerprint density at radius 3 is 2.79 bits per heavy atom. The number of likely N-dealkylation sites (tertiary alicyclic amines) is 1. The molecule has 2 N–H and O–H groups in total. The van der Waals surface area contributed by atoms with Crippen molar-refractivity contribution < 1.29 is 4.79 Å². The number of amides is 1. The molecule has 1 amide bonds. The number of halogens is 3. The van der Waals surface area contributed by atoms with E-state index in [-0.39, 0.29) is 18.3 Å². The van der Waals surface area contributed by atoms with E-state index in [4.69, 9.17) is 28.9 Å². The average molecular weight is 324 g/mol. The van der Waals surface area contributed by atoms with Crippen molar-refractivity contribution in [3.8, 4) is 0 Å². The maximum absolute atomic E-state index is 12.4. The smallest absolute Gasteiger partial charge is 0.255 e. The van der Waals surface area contributed by atoms with Crippen molar-refractivity contribution in [3.63, 3.8) is 0 Å². The summed E-state index contributed by atoms with van der Waals surface area (Å²) in [5, 5.41) is 0.942. The van der Waals surface area contributed by atoms with Crippen LogP contribution >= 0.6 is 35.6 Å². The highest BCUT2D eigenvalue weighted by atomic mass is 35.5.